The summed E-state index contributed by atoms with van der Waals surface area (Å²) in [7, 11) is 0. The maximum atomic E-state index is 5.63. The zero-order valence-corrected chi connectivity index (χ0v) is 19.8. The summed E-state index contributed by atoms with van der Waals surface area (Å²) < 4.78 is 0. The average Bonchev–Trinajstić information content (AvgIpc) is 3.22. The Morgan fingerprint density at radius 1 is 1.10 bits per heavy atom. The molecule has 0 bridgehead atoms. The summed E-state index contributed by atoms with van der Waals surface area (Å²) in [5, 5.41) is 7.32. The molecule has 1 aliphatic carbocycles. The van der Waals surface area contributed by atoms with Crippen LogP contribution in [0.25, 0.3) is 0 Å². The van der Waals surface area contributed by atoms with Gasteiger partial charge in [-0.3, -0.25) is 0 Å². The number of aromatic nitrogens is 2. The Morgan fingerprint density at radius 2 is 1.77 bits per heavy atom. The molecule has 0 radical (unpaired) electrons. The number of piperidine rings is 1. The third kappa shape index (κ3) is 5.35. The van der Waals surface area contributed by atoms with Gasteiger partial charge in [0.2, 0.25) is 5.95 Å². The zero-order chi connectivity index (χ0) is 21.8. The van der Waals surface area contributed by atoms with E-state index in [-0.39, 0.29) is 5.41 Å². The molecule has 2 aliphatic rings. The number of hydrogen-bond acceptors (Lipinski definition) is 4. The molecule has 31 heavy (non-hydrogen) atoms. The van der Waals surface area contributed by atoms with Crippen LogP contribution in [-0.4, -0.2) is 34.7 Å². The molecule has 1 aromatic carbocycles. The molecule has 4 rings (SSSR count). The molecule has 2 atom stereocenters. The van der Waals surface area contributed by atoms with E-state index < -0.39 is 0 Å². The van der Waals surface area contributed by atoms with E-state index in [2.05, 4.69) is 70.8 Å². The van der Waals surface area contributed by atoms with Crippen molar-refractivity contribution in [3.05, 3.63) is 47.7 Å². The third-order valence-corrected chi connectivity index (χ3v) is 7.04. The SMILES string of the molecule is Cc1cc(N2C[C@@H](C)C[C@H](C)C2)nc(NC(=S)NCC2(c3ccccc3)CCCC2)n1. The highest BCUT2D eigenvalue weighted by Crippen LogP contribution is 2.40. The molecule has 2 fully saturated rings. The lowest BCUT2D eigenvalue weighted by Gasteiger charge is -2.36. The van der Waals surface area contributed by atoms with Crippen LogP contribution in [0.15, 0.2) is 36.4 Å². The minimum atomic E-state index is 0.158. The van der Waals surface area contributed by atoms with Crippen molar-refractivity contribution >= 4 is 29.1 Å². The zero-order valence-electron chi connectivity index (χ0n) is 19.0. The van der Waals surface area contributed by atoms with Crippen molar-refractivity contribution in [3.8, 4) is 0 Å². The second-order valence-electron chi connectivity index (χ2n) is 9.70. The topological polar surface area (TPSA) is 53.1 Å². The van der Waals surface area contributed by atoms with Crippen molar-refractivity contribution in [2.45, 2.75) is 58.3 Å². The lowest BCUT2D eigenvalue weighted by atomic mass is 9.79. The predicted molar refractivity (Wildman–Crippen MR) is 133 cm³/mol. The Kier molecular flexibility index (Phi) is 6.75. The standard InChI is InChI=1S/C25H35N5S/c1-18-13-19(2)16-30(15-18)22-14-20(3)27-23(28-22)29-24(31)26-17-25(11-7-8-12-25)21-9-5-4-6-10-21/h4-6,9-10,14,18-19H,7-8,11-13,15-17H2,1-3H3,(H2,26,27,28,29,31)/t18-,19-/m0/s1. The van der Waals surface area contributed by atoms with Crippen LogP contribution in [0.5, 0.6) is 0 Å². The molecule has 0 unspecified atom stereocenters. The predicted octanol–water partition coefficient (Wildman–Crippen LogP) is 5.07. The first-order valence-corrected chi connectivity index (χ1v) is 12.1. The number of anilines is 2. The molecule has 2 aromatic rings. The summed E-state index contributed by atoms with van der Waals surface area (Å²) in [6, 6.07) is 12.9. The van der Waals surface area contributed by atoms with Gasteiger partial charge in [-0.2, -0.15) is 4.98 Å². The molecule has 2 N–H and O–H groups in total. The van der Waals surface area contributed by atoms with Crippen LogP contribution in [0, 0.1) is 18.8 Å². The molecule has 2 heterocycles. The second kappa shape index (κ2) is 9.51. The fourth-order valence-corrected chi connectivity index (χ4v) is 5.59. The number of hydrogen-bond donors (Lipinski definition) is 2. The van der Waals surface area contributed by atoms with E-state index in [0.29, 0.717) is 22.9 Å². The highest BCUT2D eigenvalue weighted by atomic mass is 32.1. The first-order valence-electron chi connectivity index (χ1n) is 11.6. The molecular formula is C25H35N5S. The monoisotopic (exact) mass is 437 g/mol. The summed E-state index contributed by atoms with van der Waals surface area (Å²) in [6.45, 7) is 9.58. The molecule has 1 aliphatic heterocycles. The van der Waals surface area contributed by atoms with Gasteiger partial charge in [0.25, 0.3) is 0 Å². The number of nitrogens with one attached hydrogen (secondary N) is 2. The molecule has 166 valence electrons. The number of rotatable bonds is 5. The van der Waals surface area contributed by atoms with Crippen LogP contribution < -0.4 is 15.5 Å². The largest absolute Gasteiger partial charge is 0.361 e. The summed E-state index contributed by atoms with van der Waals surface area (Å²) >= 11 is 5.63. The number of thiocarbonyl (C=S) groups is 1. The maximum absolute atomic E-state index is 5.63. The second-order valence-corrected chi connectivity index (χ2v) is 10.1. The lowest BCUT2D eigenvalue weighted by molar-refractivity contribution is 0.355. The Morgan fingerprint density at radius 3 is 2.45 bits per heavy atom. The molecule has 6 heteroatoms. The van der Waals surface area contributed by atoms with Crippen molar-refractivity contribution in [1.82, 2.24) is 15.3 Å². The van der Waals surface area contributed by atoms with Gasteiger partial charge in [0.1, 0.15) is 5.82 Å². The van der Waals surface area contributed by atoms with Crippen LogP contribution in [0.2, 0.25) is 0 Å². The van der Waals surface area contributed by atoms with Crippen molar-refractivity contribution in [2.24, 2.45) is 11.8 Å². The van der Waals surface area contributed by atoms with Gasteiger partial charge >= 0.3 is 0 Å². The normalized spacial score (nSPS) is 22.9. The Balaban J connectivity index is 1.42. The Hall–Kier alpha value is -2.21. The molecule has 0 spiro atoms. The quantitative estimate of drug-likeness (QED) is 0.637. The van der Waals surface area contributed by atoms with E-state index in [1.807, 2.05) is 6.92 Å². The Bertz CT molecular complexity index is 884. The van der Waals surface area contributed by atoms with Gasteiger partial charge in [-0.15, -0.1) is 0 Å². The van der Waals surface area contributed by atoms with Gasteiger partial charge in [-0.05, 0) is 55.8 Å². The van der Waals surface area contributed by atoms with Crippen LogP contribution in [0.1, 0.15) is 57.2 Å². The molecule has 1 saturated carbocycles. The van der Waals surface area contributed by atoms with Gasteiger partial charge in [0, 0.05) is 36.8 Å². The maximum Gasteiger partial charge on any atom is 0.231 e. The van der Waals surface area contributed by atoms with Gasteiger partial charge in [-0.1, -0.05) is 57.0 Å². The van der Waals surface area contributed by atoms with Crippen molar-refractivity contribution in [3.63, 3.8) is 0 Å². The number of aryl methyl sites for hydroxylation is 1. The number of benzene rings is 1. The van der Waals surface area contributed by atoms with E-state index in [9.17, 15) is 0 Å². The van der Waals surface area contributed by atoms with E-state index in [4.69, 9.17) is 17.2 Å². The van der Waals surface area contributed by atoms with Crippen LogP contribution in [0.4, 0.5) is 11.8 Å². The van der Waals surface area contributed by atoms with E-state index in [1.165, 1.54) is 37.7 Å². The fraction of sp³-hybridized carbons (Fsp3) is 0.560. The number of nitrogens with zero attached hydrogens (tertiary/aromatic N) is 3. The van der Waals surface area contributed by atoms with Gasteiger partial charge in [0.15, 0.2) is 5.11 Å². The fourth-order valence-electron chi connectivity index (χ4n) is 5.43. The first-order chi connectivity index (χ1) is 14.9. The Labute approximate surface area is 192 Å². The molecule has 1 aromatic heterocycles. The minimum Gasteiger partial charge on any atom is -0.361 e. The molecular weight excluding hydrogens is 402 g/mol. The highest BCUT2D eigenvalue weighted by molar-refractivity contribution is 7.80. The molecule has 0 amide bonds. The van der Waals surface area contributed by atoms with E-state index in [1.54, 1.807) is 0 Å². The van der Waals surface area contributed by atoms with E-state index in [0.717, 1.165) is 31.1 Å². The first kappa shape index (κ1) is 22.0. The van der Waals surface area contributed by atoms with E-state index >= 15 is 0 Å². The third-order valence-electron chi connectivity index (χ3n) is 6.79. The van der Waals surface area contributed by atoms with Gasteiger partial charge in [0.05, 0.1) is 0 Å². The minimum absolute atomic E-state index is 0.158. The summed E-state index contributed by atoms with van der Waals surface area (Å²) in [4.78, 5) is 11.8. The van der Waals surface area contributed by atoms with Crippen molar-refractivity contribution < 1.29 is 0 Å². The van der Waals surface area contributed by atoms with Crippen molar-refractivity contribution in [2.75, 3.05) is 29.9 Å². The lowest BCUT2D eigenvalue weighted by Crippen LogP contribution is -2.41. The van der Waals surface area contributed by atoms with Gasteiger partial charge < -0.3 is 15.5 Å². The van der Waals surface area contributed by atoms with Crippen molar-refractivity contribution in [1.29, 1.82) is 0 Å². The average molecular weight is 438 g/mol. The molecule has 5 nitrogen and oxygen atoms in total. The summed E-state index contributed by atoms with van der Waals surface area (Å²) in [6.07, 6.45) is 6.22. The summed E-state index contributed by atoms with van der Waals surface area (Å²) in [5.41, 5.74) is 2.52. The van der Waals surface area contributed by atoms with Crippen LogP contribution in [-0.2, 0) is 5.41 Å². The smallest absolute Gasteiger partial charge is 0.231 e. The highest BCUT2D eigenvalue weighted by Gasteiger charge is 2.35. The summed E-state index contributed by atoms with van der Waals surface area (Å²) in [5.74, 6) is 2.93. The van der Waals surface area contributed by atoms with Crippen LogP contribution in [0.3, 0.4) is 0 Å². The van der Waals surface area contributed by atoms with Crippen LogP contribution >= 0.6 is 12.2 Å². The van der Waals surface area contributed by atoms with Gasteiger partial charge in [-0.25, -0.2) is 4.98 Å². The molecule has 1 saturated heterocycles.